The van der Waals surface area contributed by atoms with Gasteiger partial charge in [-0.1, -0.05) is 12.1 Å². The maximum absolute atomic E-state index is 13.4. The molecule has 0 N–H and O–H groups in total. The second-order valence-electron chi connectivity index (χ2n) is 3.79. The molecule has 0 spiro atoms. The van der Waals surface area contributed by atoms with Crippen LogP contribution < -0.4 is 0 Å². The van der Waals surface area contributed by atoms with E-state index in [4.69, 9.17) is 4.74 Å². The van der Waals surface area contributed by atoms with Gasteiger partial charge in [-0.25, -0.2) is 12.8 Å². The summed E-state index contributed by atoms with van der Waals surface area (Å²) < 4.78 is 42.8. The van der Waals surface area contributed by atoms with Crippen molar-refractivity contribution in [1.29, 1.82) is 0 Å². The van der Waals surface area contributed by atoms with Gasteiger partial charge in [0.05, 0.1) is 5.25 Å². The molecule has 0 saturated carbocycles. The Hall–Kier alpha value is -0.940. The standard InChI is InChI=1S/C11H13FO3S/c12-10-3-1-2-4-11(10)16(13,14)9-5-7-15-8-6-9/h1-4,9H,5-8H2. The first kappa shape index (κ1) is 11.5. The Labute approximate surface area is 94.2 Å². The van der Waals surface area contributed by atoms with Crippen molar-refractivity contribution in [3.63, 3.8) is 0 Å². The molecule has 1 aliphatic heterocycles. The highest BCUT2D eigenvalue weighted by Crippen LogP contribution is 2.25. The largest absolute Gasteiger partial charge is 0.381 e. The summed E-state index contributed by atoms with van der Waals surface area (Å²) in [6, 6.07) is 5.51. The van der Waals surface area contributed by atoms with Crippen LogP contribution >= 0.6 is 0 Å². The van der Waals surface area contributed by atoms with Crippen molar-refractivity contribution in [2.75, 3.05) is 13.2 Å². The molecule has 0 radical (unpaired) electrons. The summed E-state index contributed by atoms with van der Waals surface area (Å²) in [5, 5.41) is -0.516. The van der Waals surface area contributed by atoms with E-state index in [0.717, 1.165) is 0 Å². The predicted octanol–water partition coefficient (Wildman–Crippen LogP) is 1.78. The molecular formula is C11H13FO3S. The normalized spacial score (nSPS) is 18.6. The van der Waals surface area contributed by atoms with Crippen molar-refractivity contribution >= 4 is 9.84 Å². The number of benzene rings is 1. The minimum Gasteiger partial charge on any atom is -0.381 e. The van der Waals surface area contributed by atoms with Crippen molar-refractivity contribution < 1.29 is 17.5 Å². The fraction of sp³-hybridized carbons (Fsp3) is 0.455. The van der Waals surface area contributed by atoms with Gasteiger partial charge in [-0.2, -0.15) is 0 Å². The van der Waals surface area contributed by atoms with E-state index in [2.05, 4.69) is 0 Å². The van der Waals surface area contributed by atoms with Crippen LogP contribution in [-0.2, 0) is 14.6 Å². The quantitative estimate of drug-likeness (QED) is 0.796. The minimum atomic E-state index is -3.55. The number of hydrogen-bond donors (Lipinski definition) is 0. The van der Waals surface area contributed by atoms with Gasteiger partial charge >= 0.3 is 0 Å². The van der Waals surface area contributed by atoms with E-state index in [1.54, 1.807) is 0 Å². The fourth-order valence-electron chi connectivity index (χ4n) is 1.84. The van der Waals surface area contributed by atoms with E-state index in [0.29, 0.717) is 26.1 Å². The summed E-state index contributed by atoms with van der Waals surface area (Å²) in [7, 11) is -3.55. The van der Waals surface area contributed by atoms with Gasteiger partial charge < -0.3 is 4.74 Å². The van der Waals surface area contributed by atoms with E-state index in [9.17, 15) is 12.8 Å². The highest BCUT2D eigenvalue weighted by atomic mass is 32.2. The van der Waals surface area contributed by atoms with Gasteiger partial charge in [0.15, 0.2) is 9.84 Å². The summed E-state index contributed by atoms with van der Waals surface area (Å²) in [5.74, 6) is -0.672. The Balaban J connectivity index is 2.35. The topological polar surface area (TPSA) is 43.4 Å². The minimum absolute atomic E-state index is 0.193. The molecular weight excluding hydrogens is 231 g/mol. The molecule has 1 fully saturated rings. The SMILES string of the molecule is O=S(=O)(c1ccccc1F)C1CCOCC1. The van der Waals surface area contributed by atoms with Crippen molar-refractivity contribution in [3.05, 3.63) is 30.1 Å². The molecule has 1 heterocycles. The summed E-state index contributed by atoms with van der Waals surface area (Å²) in [5.41, 5.74) is 0. The molecule has 1 aromatic carbocycles. The molecule has 0 aliphatic carbocycles. The molecule has 1 aliphatic rings. The zero-order valence-corrected chi connectivity index (χ0v) is 9.54. The number of hydrogen-bond acceptors (Lipinski definition) is 3. The van der Waals surface area contributed by atoms with Crippen molar-refractivity contribution in [2.24, 2.45) is 0 Å². The molecule has 1 saturated heterocycles. The van der Waals surface area contributed by atoms with Crippen LogP contribution in [0.3, 0.4) is 0 Å². The van der Waals surface area contributed by atoms with Gasteiger partial charge in [-0.15, -0.1) is 0 Å². The van der Waals surface area contributed by atoms with Gasteiger partial charge in [0.25, 0.3) is 0 Å². The van der Waals surface area contributed by atoms with Crippen LogP contribution in [0.2, 0.25) is 0 Å². The molecule has 3 nitrogen and oxygen atoms in total. The van der Waals surface area contributed by atoms with Crippen LogP contribution in [0.25, 0.3) is 0 Å². The zero-order valence-electron chi connectivity index (χ0n) is 8.73. The summed E-state index contributed by atoms with van der Waals surface area (Å²) >= 11 is 0. The molecule has 0 aromatic heterocycles. The van der Waals surface area contributed by atoms with Gasteiger partial charge in [0.1, 0.15) is 10.7 Å². The number of ether oxygens (including phenoxy) is 1. The fourth-order valence-corrected chi connectivity index (χ4v) is 3.62. The highest BCUT2D eigenvalue weighted by molar-refractivity contribution is 7.92. The monoisotopic (exact) mass is 244 g/mol. The number of sulfone groups is 1. The highest BCUT2D eigenvalue weighted by Gasteiger charge is 2.31. The van der Waals surface area contributed by atoms with Gasteiger partial charge in [0.2, 0.25) is 0 Å². The molecule has 88 valence electrons. The van der Waals surface area contributed by atoms with Crippen molar-refractivity contribution in [1.82, 2.24) is 0 Å². The molecule has 16 heavy (non-hydrogen) atoms. The Morgan fingerprint density at radius 3 is 2.44 bits per heavy atom. The third-order valence-electron chi connectivity index (χ3n) is 2.75. The van der Waals surface area contributed by atoms with Gasteiger partial charge in [0, 0.05) is 13.2 Å². The summed E-state index contributed by atoms with van der Waals surface area (Å²) in [6.07, 6.45) is 0.882. The summed E-state index contributed by atoms with van der Waals surface area (Å²) in [4.78, 5) is -0.193. The van der Waals surface area contributed by atoms with E-state index < -0.39 is 20.9 Å². The Morgan fingerprint density at radius 1 is 1.19 bits per heavy atom. The summed E-state index contributed by atoms with van der Waals surface area (Å²) in [6.45, 7) is 0.858. The third kappa shape index (κ3) is 2.10. The molecule has 0 atom stereocenters. The zero-order chi connectivity index (χ0) is 11.6. The lowest BCUT2D eigenvalue weighted by Gasteiger charge is -2.22. The molecule has 0 bridgehead atoms. The molecule has 0 amide bonds. The number of halogens is 1. The molecule has 5 heteroatoms. The molecule has 1 aromatic rings. The van der Waals surface area contributed by atoms with Crippen LogP contribution in [-0.4, -0.2) is 26.9 Å². The van der Waals surface area contributed by atoms with Crippen molar-refractivity contribution in [2.45, 2.75) is 23.0 Å². The van der Waals surface area contributed by atoms with Gasteiger partial charge in [-0.3, -0.25) is 0 Å². The van der Waals surface area contributed by atoms with Crippen LogP contribution in [0.4, 0.5) is 4.39 Å². The number of rotatable bonds is 2. The van der Waals surface area contributed by atoms with Crippen LogP contribution in [0.15, 0.2) is 29.2 Å². The van der Waals surface area contributed by atoms with Gasteiger partial charge in [-0.05, 0) is 25.0 Å². The van der Waals surface area contributed by atoms with E-state index >= 15 is 0 Å². The first-order chi connectivity index (χ1) is 7.62. The van der Waals surface area contributed by atoms with Crippen molar-refractivity contribution in [3.8, 4) is 0 Å². The average Bonchev–Trinajstić information content (AvgIpc) is 2.30. The van der Waals surface area contributed by atoms with E-state index in [1.165, 1.54) is 24.3 Å². The van der Waals surface area contributed by atoms with Crippen LogP contribution in [0.1, 0.15) is 12.8 Å². The first-order valence-electron chi connectivity index (χ1n) is 5.18. The van der Waals surface area contributed by atoms with E-state index in [-0.39, 0.29) is 4.90 Å². The third-order valence-corrected chi connectivity index (χ3v) is 5.04. The van der Waals surface area contributed by atoms with E-state index in [1.807, 2.05) is 0 Å². The maximum atomic E-state index is 13.4. The first-order valence-corrected chi connectivity index (χ1v) is 6.73. The maximum Gasteiger partial charge on any atom is 0.184 e. The lowest BCUT2D eigenvalue weighted by molar-refractivity contribution is 0.0983. The molecule has 2 rings (SSSR count). The second-order valence-corrected chi connectivity index (χ2v) is 5.98. The Bertz CT molecular complexity index is 464. The predicted molar refractivity (Wildman–Crippen MR) is 57.4 cm³/mol. The lowest BCUT2D eigenvalue weighted by atomic mass is 10.2. The van der Waals surface area contributed by atoms with Crippen LogP contribution in [0, 0.1) is 5.82 Å². The average molecular weight is 244 g/mol. The smallest absolute Gasteiger partial charge is 0.184 e. The van der Waals surface area contributed by atoms with Crippen LogP contribution in [0.5, 0.6) is 0 Å². The molecule has 0 unspecified atom stereocenters. The Kier molecular flexibility index (Phi) is 3.25. The Morgan fingerprint density at radius 2 is 1.81 bits per heavy atom. The lowest BCUT2D eigenvalue weighted by Crippen LogP contribution is -2.29. The second kappa shape index (κ2) is 4.51.